The summed E-state index contributed by atoms with van der Waals surface area (Å²) < 4.78 is 5.44. The van der Waals surface area contributed by atoms with Crippen LogP contribution in [0.15, 0.2) is 0 Å². The molecule has 0 heterocycles. The fourth-order valence-electron chi connectivity index (χ4n) is 3.51. The van der Waals surface area contributed by atoms with E-state index >= 15 is 0 Å². The molecule has 2 heteroatoms. The summed E-state index contributed by atoms with van der Waals surface area (Å²) in [6.07, 6.45) is 3.75. The van der Waals surface area contributed by atoms with Crippen molar-refractivity contribution in [2.75, 3.05) is 0 Å². The Labute approximate surface area is 86.0 Å². The van der Waals surface area contributed by atoms with Crippen LogP contribution in [0.4, 0.5) is 0 Å². The number of hydrogen-bond donors (Lipinski definition) is 0. The van der Waals surface area contributed by atoms with E-state index in [2.05, 4.69) is 20.8 Å². The van der Waals surface area contributed by atoms with Crippen LogP contribution in [-0.2, 0) is 9.53 Å². The molecule has 2 nitrogen and oxygen atoms in total. The summed E-state index contributed by atoms with van der Waals surface area (Å²) in [5, 5.41) is 0. The number of carbonyl (C=O) groups excluding carboxylic acids is 1. The Bertz CT molecular complexity index is 269. The van der Waals surface area contributed by atoms with Crippen LogP contribution in [0.25, 0.3) is 0 Å². The lowest BCUT2D eigenvalue weighted by Gasteiger charge is -2.38. The quantitative estimate of drug-likeness (QED) is 0.603. The van der Waals surface area contributed by atoms with Gasteiger partial charge in [0.1, 0.15) is 6.10 Å². The number of esters is 1. The minimum Gasteiger partial charge on any atom is -0.462 e. The van der Waals surface area contributed by atoms with E-state index < -0.39 is 0 Å². The molecule has 2 aliphatic rings. The third-order valence-corrected chi connectivity index (χ3v) is 5.02. The highest BCUT2D eigenvalue weighted by molar-refractivity contribution is 5.66. The molecule has 2 saturated carbocycles. The second-order valence-electron chi connectivity index (χ2n) is 5.71. The molecule has 80 valence electrons. The third kappa shape index (κ3) is 1.06. The van der Waals surface area contributed by atoms with Gasteiger partial charge in [-0.3, -0.25) is 4.79 Å². The van der Waals surface area contributed by atoms with Crippen LogP contribution in [0.1, 0.15) is 47.0 Å². The lowest BCUT2D eigenvalue weighted by molar-refractivity contribution is -0.154. The summed E-state index contributed by atoms with van der Waals surface area (Å²) in [6.45, 7) is 8.46. The van der Waals surface area contributed by atoms with Crippen molar-refractivity contribution in [2.24, 2.45) is 16.7 Å². The SMILES string of the molecule is CC(=O)OC1C[C@H]2CCC1(C)C2(C)C. The van der Waals surface area contributed by atoms with Gasteiger partial charge >= 0.3 is 5.97 Å². The Balaban J connectivity index is 2.23. The molecule has 0 saturated heterocycles. The molecule has 0 aromatic heterocycles. The zero-order valence-electron chi connectivity index (χ0n) is 9.59. The average Bonchev–Trinajstić information content (AvgIpc) is 2.35. The van der Waals surface area contributed by atoms with Crippen molar-refractivity contribution in [3.63, 3.8) is 0 Å². The lowest BCUT2D eigenvalue weighted by atomic mass is 9.70. The van der Waals surface area contributed by atoms with Crippen molar-refractivity contribution in [3.8, 4) is 0 Å². The van der Waals surface area contributed by atoms with Gasteiger partial charge in [-0.25, -0.2) is 0 Å². The predicted octanol–water partition coefficient (Wildman–Crippen LogP) is 2.76. The molecule has 0 amide bonds. The highest BCUT2D eigenvalue weighted by Crippen LogP contribution is 2.66. The van der Waals surface area contributed by atoms with Crippen LogP contribution in [0, 0.1) is 16.7 Å². The molecule has 2 rings (SSSR count). The standard InChI is InChI=1S/C12H20O2/c1-8(13)14-10-7-9-5-6-12(10,4)11(9,2)3/h9-10H,5-7H2,1-4H3/t9-,10?,12?/m1/s1. The molecule has 2 aliphatic carbocycles. The van der Waals surface area contributed by atoms with Gasteiger partial charge in [0.05, 0.1) is 0 Å². The van der Waals surface area contributed by atoms with E-state index in [9.17, 15) is 4.79 Å². The second-order valence-corrected chi connectivity index (χ2v) is 5.71. The van der Waals surface area contributed by atoms with Crippen molar-refractivity contribution < 1.29 is 9.53 Å². The molecule has 0 N–H and O–H groups in total. The molecule has 3 atom stereocenters. The maximum Gasteiger partial charge on any atom is 0.302 e. The molecule has 0 aliphatic heterocycles. The van der Waals surface area contributed by atoms with E-state index in [1.165, 1.54) is 19.8 Å². The Morgan fingerprint density at radius 1 is 1.36 bits per heavy atom. The van der Waals surface area contributed by atoms with Crippen molar-refractivity contribution in [2.45, 2.75) is 53.1 Å². The van der Waals surface area contributed by atoms with Gasteiger partial charge in [-0.05, 0) is 30.6 Å². The van der Waals surface area contributed by atoms with Gasteiger partial charge < -0.3 is 4.74 Å². The summed E-state index contributed by atoms with van der Waals surface area (Å²) in [4.78, 5) is 11.0. The minimum absolute atomic E-state index is 0.125. The summed E-state index contributed by atoms with van der Waals surface area (Å²) in [6, 6.07) is 0. The summed E-state index contributed by atoms with van der Waals surface area (Å²) in [7, 11) is 0. The fourth-order valence-corrected chi connectivity index (χ4v) is 3.51. The van der Waals surface area contributed by atoms with E-state index in [4.69, 9.17) is 4.74 Å². The topological polar surface area (TPSA) is 26.3 Å². The fraction of sp³-hybridized carbons (Fsp3) is 0.917. The molecule has 2 bridgehead atoms. The zero-order valence-corrected chi connectivity index (χ0v) is 9.59. The summed E-state index contributed by atoms with van der Waals surface area (Å²) in [5.74, 6) is 0.622. The van der Waals surface area contributed by atoms with Crippen molar-refractivity contribution in [1.29, 1.82) is 0 Å². The van der Waals surface area contributed by atoms with Crippen LogP contribution < -0.4 is 0 Å². The molecule has 0 spiro atoms. The second kappa shape index (κ2) is 2.74. The van der Waals surface area contributed by atoms with Crippen LogP contribution in [0.2, 0.25) is 0 Å². The van der Waals surface area contributed by atoms with Crippen LogP contribution in [0.5, 0.6) is 0 Å². The van der Waals surface area contributed by atoms with E-state index in [0.717, 1.165) is 12.3 Å². The first-order valence-electron chi connectivity index (χ1n) is 5.55. The first kappa shape index (κ1) is 10.0. The van der Waals surface area contributed by atoms with E-state index in [1.54, 1.807) is 0 Å². The molecule has 0 aromatic rings. The Morgan fingerprint density at radius 2 is 2.00 bits per heavy atom. The number of ether oxygens (including phenoxy) is 1. The van der Waals surface area contributed by atoms with Gasteiger partial charge in [-0.1, -0.05) is 20.8 Å². The number of carbonyl (C=O) groups is 1. The Hall–Kier alpha value is -0.530. The molecule has 0 radical (unpaired) electrons. The maximum absolute atomic E-state index is 11.0. The molecule has 14 heavy (non-hydrogen) atoms. The van der Waals surface area contributed by atoms with Crippen LogP contribution in [-0.4, -0.2) is 12.1 Å². The van der Waals surface area contributed by atoms with Crippen molar-refractivity contribution in [3.05, 3.63) is 0 Å². The predicted molar refractivity (Wildman–Crippen MR) is 54.8 cm³/mol. The third-order valence-electron chi connectivity index (χ3n) is 5.02. The Kier molecular flexibility index (Phi) is 1.96. The molecular formula is C12H20O2. The van der Waals surface area contributed by atoms with E-state index in [-0.39, 0.29) is 17.5 Å². The maximum atomic E-state index is 11.0. The highest BCUT2D eigenvalue weighted by Gasteiger charge is 2.62. The number of hydrogen-bond acceptors (Lipinski definition) is 2. The largest absolute Gasteiger partial charge is 0.462 e. The highest BCUT2D eigenvalue weighted by atomic mass is 16.5. The average molecular weight is 196 g/mol. The lowest BCUT2D eigenvalue weighted by Crippen LogP contribution is -2.37. The van der Waals surface area contributed by atoms with Gasteiger partial charge in [0.15, 0.2) is 0 Å². The number of fused-ring (bicyclic) bond motifs is 2. The monoisotopic (exact) mass is 196 g/mol. The first-order chi connectivity index (χ1) is 6.38. The van der Waals surface area contributed by atoms with Crippen molar-refractivity contribution in [1.82, 2.24) is 0 Å². The molecule has 0 aromatic carbocycles. The van der Waals surface area contributed by atoms with Gasteiger partial charge in [0.25, 0.3) is 0 Å². The van der Waals surface area contributed by atoms with E-state index in [0.29, 0.717) is 5.41 Å². The van der Waals surface area contributed by atoms with Gasteiger partial charge in [-0.15, -0.1) is 0 Å². The first-order valence-corrected chi connectivity index (χ1v) is 5.55. The normalized spacial score (nSPS) is 44.0. The van der Waals surface area contributed by atoms with Gasteiger partial charge in [0.2, 0.25) is 0 Å². The van der Waals surface area contributed by atoms with Gasteiger partial charge in [-0.2, -0.15) is 0 Å². The number of rotatable bonds is 1. The molecule has 2 unspecified atom stereocenters. The van der Waals surface area contributed by atoms with E-state index in [1.807, 2.05) is 0 Å². The zero-order chi connectivity index (χ0) is 10.6. The Morgan fingerprint density at radius 3 is 2.36 bits per heavy atom. The molecular weight excluding hydrogens is 176 g/mol. The van der Waals surface area contributed by atoms with Crippen LogP contribution >= 0.6 is 0 Å². The minimum atomic E-state index is -0.125. The summed E-state index contributed by atoms with van der Waals surface area (Å²) >= 11 is 0. The smallest absolute Gasteiger partial charge is 0.302 e. The van der Waals surface area contributed by atoms with Gasteiger partial charge in [0, 0.05) is 12.3 Å². The molecule has 2 fully saturated rings. The summed E-state index contributed by atoms with van der Waals surface area (Å²) in [5.41, 5.74) is 0.552. The van der Waals surface area contributed by atoms with Crippen molar-refractivity contribution >= 4 is 5.97 Å². The van der Waals surface area contributed by atoms with Crippen LogP contribution in [0.3, 0.4) is 0 Å².